The van der Waals surface area contributed by atoms with E-state index in [0.717, 1.165) is 5.56 Å². The van der Waals surface area contributed by atoms with E-state index in [-0.39, 0.29) is 5.78 Å². The van der Waals surface area contributed by atoms with Gasteiger partial charge in [0.15, 0.2) is 5.78 Å². The topological polar surface area (TPSA) is 44.8 Å². The van der Waals surface area contributed by atoms with Crippen LogP contribution in [0.5, 0.6) is 11.5 Å². The molecule has 2 aromatic carbocycles. The van der Waals surface area contributed by atoms with E-state index in [1.807, 2.05) is 32.1 Å². The minimum absolute atomic E-state index is 0.0815. The third-order valence-electron chi connectivity index (χ3n) is 3.43. The van der Waals surface area contributed by atoms with Crippen LogP contribution in [-0.4, -0.2) is 26.1 Å². The first-order valence-corrected chi connectivity index (χ1v) is 7.80. The largest absolute Gasteiger partial charge is 0.498 e. The average Bonchev–Trinajstić information content (AvgIpc) is 2.61. The zero-order valence-electron chi connectivity index (χ0n) is 14.2. The minimum Gasteiger partial charge on any atom is -0.498 e. The Kier molecular flexibility index (Phi) is 6.43. The van der Waals surface area contributed by atoms with Crippen LogP contribution in [0.3, 0.4) is 0 Å². The van der Waals surface area contributed by atoms with E-state index < -0.39 is 0 Å². The Morgan fingerprint density at radius 1 is 1.08 bits per heavy atom. The summed E-state index contributed by atoms with van der Waals surface area (Å²) in [6, 6.07) is 12.6. The Morgan fingerprint density at radius 2 is 1.83 bits per heavy atom. The summed E-state index contributed by atoms with van der Waals surface area (Å²) in [5.41, 5.74) is 2.16. The van der Waals surface area contributed by atoms with Crippen LogP contribution in [0, 0.1) is 6.92 Å². The van der Waals surface area contributed by atoms with Crippen molar-refractivity contribution in [3.63, 3.8) is 0 Å². The summed E-state index contributed by atoms with van der Waals surface area (Å²) in [6.45, 7) is 4.64. The number of hydrogen-bond donors (Lipinski definition) is 0. The number of carbonyl (C=O) groups excluding carboxylic acids is 1. The molecule has 0 saturated carbocycles. The number of hydrogen-bond acceptors (Lipinski definition) is 4. The molecule has 2 rings (SSSR count). The highest BCUT2D eigenvalue weighted by molar-refractivity contribution is 6.10. The van der Waals surface area contributed by atoms with Crippen LogP contribution in [0.4, 0.5) is 0 Å². The van der Waals surface area contributed by atoms with Crippen molar-refractivity contribution in [2.24, 2.45) is 0 Å². The molecule has 0 fully saturated rings. The summed E-state index contributed by atoms with van der Waals surface area (Å²) >= 11 is 0. The standard InChI is InChI=1S/C20H22O4/c1-4-11-23-12-13-24-19-14-15(2)5-10-18(19)20(21)16-6-8-17(22-3)9-7-16/h4-11,14H,12-13H2,1-3H3. The maximum absolute atomic E-state index is 12.8. The van der Waals surface area contributed by atoms with Crippen LogP contribution in [-0.2, 0) is 4.74 Å². The third-order valence-corrected chi connectivity index (χ3v) is 3.43. The van der Waals surface area contributed by atoms with Crippen LogP contribution < -0.4 is 9.47 Å². The quantitative estimate of drug-likeness (QED) is 0.415. The van der Waals surface area contributed by atoms with E-state index in [0.29, 0.717) is 35.8 Å². The van der Waals surface area contributed by atoms with Gasteiger partial charge < -0.3 is 14.2 Å². The summed E-state index contributed by atoms with van der Waals surface area (Å²) in [7, 11) is 1.60. The van der Waals surface area contributed by atoms with Crippen molar-refractivity contribution < 1.29 is 19.0 Å². The molecular formula is C20H22O4. The SMILES string of the molecule is CC=COCCOc1cc(C)ccc1C(=O)c1ccc(OC)cc1. The van der Waals surface area contributed by atoms with Gasteiger partial charge in [-0.3, -0.25) is 4.79 Å². The van der Waals surface area contributed by atoms with Gasteiger partial charge in [-0.15, -0.1) is 0 Å². The van der Waals surface area contributed by atoms with Gasteiger partial charge in [0.25, 0.3) is 0 Å². The van der Waals surface area contributed by atoms with Crippen molar-refractivity contribution in [1.82, 2.24) is 0 Å². The lowest BCUT2D eigenvalue weighted by molar-refractivity contribution is 0.103. The molecular weight excluding hydrogens is 304 g/mol. The summed E-state index contributed by atoms with van der Waals surface area (Å²) in [6.07, 6.45) is 3.42. The van der Waals surface area contributed by atoms with E-state index in [9.17, 15) is 4.79 Å². The second-order valence-electron chi connectivity index (χ2n) is 5.25. The number of methoxy groups -OCH3 is 1. The summed E-state index contributed by atoms with van der Waals surface area (Å²) in [5.74, 6) is 1.20. The maximum atomic E-state index is 12.8. The van der Waals surface area contributed by atoms with Gasteiger partial charge in [0.05, 0.1) is 18.9 Å². The minimum atomic E-state index is -0.0815. The first kappa shape index (κ1) is 17.6. The van der Waals surface area contributed by atoms with Crippen molar-refractivity contribution in [2.75, 3.05) is 20.3 Å². The van der Waals surface area contributed by atoms with Gasteiger partial charge in [-0.25, -0.2) is 0 Å². The molecule has 0 bridgehead atoms. The zero-order chi connectivity index (χ0) is 17.4. The highest BCUT2D eigenvalue weighted by Gasteiger charge is 2.15. The fourth-order valence-electron chi connectivity index (χ4n) is 2.20. The highest BCUT2D eigenvalue weighted by Crippen LogP contribution is 2.24. The molecule has 0 heterocycles. The van der Waals surface area contributed by atoms with Gasteiger partial charge in [0.1, 0.15) is 24.7 Å². The molecule has 0 radical (unpaired) electrons. The molecule has 0 unspecified atom stereocenters. The molecule has 0 aliphatic heterocycles. The maximum Gasteiger partial charge on any atom is 0.196 e. The molecule has 24 heavy (non-hydrogen) atoms. The lowest BCUT2D eigenvalue weighted by Crippen LogP contribution is -2.09. The van der Waals surface area contributed by atoms with Gasteiger partial charge in [-0.1, -0.05) is 12.1 Å². The van der Waals surface area contributed by atoms with Gasteiger partial charge in [-0.05, 0) is 55.8 Å². The molecule has 0 amide bonds. The molecule has 0 N–H and O–H groups in total. The predicted octanol–water partition coefficient (Wildman–Crippen LogP) is 4.16. The number of rotatable bonds is 8. The smallest absolute Gasteiger partial charge is 0.196 e. The van der Waals surface area contributed by atoms with Crippen molar-refractivity contribution in [3.8, 4) is 11.5 Å². The Bertz CT molecular complexity index is 702. The Labute approximate surface area is 142 Å². The zero-order valence-corrected chi connectivity index (χ0v) is 14.2. The molecule has 0 atom stereocenters. The third kappa shape index (κ3) is 4.62. The Hall–Kier alpha value is -2.75. The molecule has 0 spiro atoms. The van der Waals surface area contributed by atoms with Crippen LogP contribution in [0.1, 0.15) is 28.4 Å². The van der Waals surface area contributed by atoms with E-state index in [1.54, 1.807) is 43.7 Å². The van der Waals surface area contributed by atoms with Gasteiger partial charge >= 0.3 is 0 Å². The second-order valence-corrected chi connectivity index (χ2v) is 5.25. The number of carbonyl (C=O) groups is 1. The van der Waals surface area contributed by atoms with Crippen molar-refractivity contribution in [3.05, 3.63) is 71.5 Å². The van der Waals surface area contributed by atoms with Crippen LogP contribution in [0.2, 0.25) is 0 Å². The van der Waals surface area contributed by atoms with Crippen molar-refractivity contribution in [2.45, 2.75) is 13.8 Å². The molecule has 0 aromatic heterocycles. The summed E-state index contributed by atoms with van der Waals surface area (Å²) in [5, 5.41) is 0. The van der Waals surface area contributed by atoms with Gasteiger partial charge in [-0.2, -0.15) is 0 Å². The average molecular weight is 326 g/mol. The van der Waals surface area contributed by atoms with E-state index in [4.69, 9.17) is 14.2 Å². The van der Waals surface area contributed by atoms with E-state index in [1.165, 1.54) is 0 Å². The molecule has 0 aliphatic rings. The summed E-state index contributed by atoms with van der Waals surface area (Å²) < 4.78 is 16.1. The lowest BCUT2D eigenvalue weighted by atomic mass is 10.0. The molecule has 0 aliphatic carbocycles. The lowest BCUT2D eigenvalue weighted by Gasteiger charge is -2.12. The van der Waals surface area contributed by atoms with Crippen LogP contribution in [0.15, 0.2) is 54.8 Å². The number of ketones is 1. The normalized spacial score (nSPS) is 10.6. The second kappa shape index (κ2) is 8.77. The molecule has 0 saturated heterocycles. The van der Waals surface area contributed by atoms with Crippen molar-refractivity contribution in [1.29, 1.82) is 0 Å². The van der Waals surface area contributed by atoms with Crippen LogP contribution in [0.25, 0.3) is 0 Å². The predicted molar refractivity (Wildman–Crippen MR) is 93.9 cm³/mol. The number of aryl methyl sites for hydroxylation is 1. The Morgan fingerprint density at radius 3 is 2.50 bits per heavy atom. The van der Waals surface area contributed by atoms with E-state index >= 15 is 0 Å². The Balaban J connectivity index is 2.16. The van der Waals surface area contributed by atoms with E-state index in [2.05, 4.69) is 0 Å². The van der Waals surface area contributed by atoms with Crippen LogP contribution >= 0.6 is 0 Å². The summed E-state index contributed by atoms with van der Waals surface area (Å²) in [4.78, 5) is 12.8. The molecule has 4 nitrogen and oxygen atoms in total. The first-order chi connectivity index (χ1) is 11.7. The fourth-order valence-corrected chi connectivity index (χ4v) is 2.20. The van der Waals surface area contributed by atoms with Crippen molar-refractivity contribution >= 4 is 5.78 Å². The molecule has 126 valence electrons. The number of ether oxygens (including phenoxy) is 3. The molecule has 2 aromatic rings. The van der Waals surface area contributed by atoms with Gasteiger partial charge in [0, 0.05) is 5.56 Å². The number of benzene rings is 2. The monoisotopic (exact) mass is 326 g/mol. The fraction of sp³-hybridized carbons (Fsp3) is 0.250. The highest BCUT2D eigenvalue weighted by atomic mass is 16.5. The molecule has 4 heteroatoms. The number of allylic oxidation sites excluding steroid dienone is 1. The first-order valence-electron chi connectivity index (χ1n) is 7.80. The van der Waals surface area contributed by atoms with Gasteiger partial charge in [0.2, 0.25) is 0 Å².